The lowest BCUT2D eigenvalue weighted by molar-refractivity contribution is -0.386. The van der Waals surface area contributed by atoms with Gasteiger partial charge in [0.05, 0.1) is 4.92 Å². The highest BCUT2D eigenvalue weighted by Crippen LogP contribution is 2.25. The molecule has 0 fully saturated rings. The average molecular weight is 306 g/mol. The van der Waals surface area contributed by atoms with E-state index in [0.29, 0.717) is 11.4 Å². The highest BCUT2D eigenvalue weighted by molar-refractivity contribution is 5.93. The summed E-state index contributed by atoms with van der Waals surface area (Å²) in [5, 5.41) is 17.7. The first-order valence-corrected chi connectivity index (χ1v) is 6.57. The smallest absolute Gasteiger partial charge is 0.312 e. The highest BCUT2D eigenvalue weighted by atomic mass is 19.1. The molecule has 0 aliphatic carbocycles. The normalized spacial score (nSPS) is 12.0. The molecule has 0 bridgehead atoms. The van der Waals surface area contributed by atoms with Gasteiger partial charge in [0.25, 0.3) is 0 Å². The van der Waals surface area contributed by atoms with Crippen LogP contribution in [0.4, 0.5) is 15.8 Å². The topological polar surface area (TPSA) is 90.1 Å². The van der Waals surface area contributed by atoms with Crippen molar-refractivity contribution in [3.8, 4) is 0 Å². The van der Waals surface area contributed by atoms with E-state index in [1.807, 2.05) is 0 Å². The Labute approximate surface area is 125 Å². The fourth-order valence-corrected chi connectivity index (χ4v) is 2.19. The largest absolute Gasteiger partial charge is 0.324 e. The van der Waals surface area contributed by atoms with Crippen LogP contribution in [0.3, 0.4) is 0 Å². The zero-order valence-electron chi connectivity index (χ0n) is 12.3. The molecule has 116 valence electrons. The third-order valence-corrected chi connectivity index (χ3v) is 3.33. The molecule has 0 radical (unpaired) electrons. The molecule has 0 saturated heterocycles. The van der Waals surface area contributed by atoms with Gasteiger partial charge in [-0.2, -0.15) is 5.10 Å². The van der Waals surface area contributed by atoms with Gasteiger partial charge in [0.2, 0.25) is 5.91 Å². The molecule has 1 amide bonds. The van der Waals surface area contributed by atoms with Crippen LogP contribution in [0, 0.1) is 29.8 Å². The maximum Gasteiger partial charge on any atom is 0.312 e. The Bertz CT molecular complexity index is 724. The van der Waals surface area contributed by atoms with E-state index in [9.17, 15) is 19.3 Å². The van der Waals surface area contributed by atoms with E-state index in [1.165, 1.54) is 35.9 Å². The second-order valence-electron chi connectivity index (χ2n) is 4.89. The molecule has 8 heteroatoms. The van der Waals surface area contributed by atoms with E-state index < -0.39 is 22.7 Å². The van der Waals surface area contributed by atoms with Crippen LogP contribution in [0.15, 0.2) is 24.3 Å². The number of benzene rings is 1. The monoisotopic (exact) mass is 306 g/mol. The van der Waals surface area contributed by atoms with Crippen LogP contribution in [0.25, 0.3) is 0 Å². The number of hydrogen-bond donors (Lipinski definition) is 1. The van der Waals surface area contributed by atoms with Crippen molar-refractivity contribution >= 4 is 17.3 Å². The van der Waals surface area contributed by atoms with Gasteiger partial charge in [-0.3, -0.25) is 19.6 Å². The molecule has 7 nitrogen and oxygen atoms in total. The number of aryl methyl sites for hydroxylation is 1. The molecule has 2 aromatic rings. The fourth-order valence-electron chi connectivity index (χ4n) is 2.19. The van der Waals surface area contributed by atoms with Crippen LogP contribution >= 0.6 is 0 Å². The van der Waals surface area contributed by atoms with Crippen LogP contribution in [0.2, 0.25) is 0 Å². The molecular formula is C14H15FN4O3. The van der Waals surface area contributed by atoms with E-state index >= 15 is 0 Å². The number of anilines is 1. The number of rotatable bonds is 4. The molecule has 1 N–H and O–H groups in total. The zero-order valence-corrected chi connectivity index (χ0v) is 12.3. The van der Waals surface area contributed by atoms with Gasteiger partial charge < -0.3 is 5.32 Å². The Balaban J connectivity index is 2.22. The molecule has 22 heavy (non-hydrogen) atoms. The number of carbonyl (C=O) groups excluding carboxylic acids is 1. The van der Waals surface area contributed by atoms with Crippen LogP contribution < -0.4 is 5.32 Å². The molecule has 2 rings (SSSR count). The summed E-state index contributed by atoms with van der Waals surface area (Å²) in [6.07, 6.45) is 0. The molecule has 1 heterocycles. The maximum atomic E-state index is 12.8. The molecule has 0 spiro atoms. The summed E-state index contributed by atoms with van der Waals surface area (Å²) in [4.78, 5) is 22.7. The summed E-state index contributed by atoms with van der Waals surface area (Å²) in [6.45, 7) is 4.65. The number of amides is 1. The quantitative estimate of drug-likeness (QED) is 0.694. The lowest BCUT2D eigenvalue weighted by Crippen LogP contribution is -2.25. The van der Waals surface area contributed by atoms with Crippen molar-refractivity contribution in [1.82, 2.24) is 9.78 Å². The minimum absolute atomic E-state index is 0.0959. The lowest BCUT2D eigenvalue weighted by Gasteiger charge is -2.14. The molecular weight excluding hydrogens is 291 g/mol. The van der Waals surface area contributed by atoms with Gasteiger partial charge in [-0.05, 0) is 45.0 Å². The lowest BCUT2D eigenvalue weighted by atomic mass is 10.2. The average Bonchev–Trinajstić information content (AvgIpc) is 2.75. The molecule has 1 atom stereocenters. The van der Waals surface area contributed by atoms with Crippen molar-refractivity contribution in [2.24, 2.45) is 0 Å². The van der Waals surface area contributed by atoms with Crippen LogP contribution in [-0.2, 0) is 4.79 Å². The number of nitrogens with zero attached hydrogens (tertiary/aromatic N) is 3. The predicted molar refractivity (Wildman–Crippen MR) is 78.1 cm³/mol. The Kier molecular flexibility index (Phi) is 4.20. The SMILES string of the molecule is Cc1nn([C@@H](C)C(=O)Nc2ccc(F)cc2)c(C)c1[N+](=O)[O-]. The van der Waals surface area contributed by atoms with Gasteiger partial charge in [0.15, 0.2) is 0 Å². The van der Waals surface area contributed by atoms with E-state index in [1.54, 1.807) is 13.8 Å². The standard InChI is InChI=1S/C14H15FN4O3/c1-8-13(19(21)22)9(2)18(17-8)10(3)14(20)16-12-6-4-11(15)5-7-12/h4-7,10H,1-3H3,(H,16,20)/t10-/m0/s1. The molecule has 0 aliphatic heterocycles. The zero-order chi connectivity index (χ0) is 16.4. The number of carbonyl (C=O) groups is 1. The van der Waals surface area contributed by atoms with Gasteiger partial charge in [0, 0.05) is 5.69 Å². The third-order valence-electron chi connectivity index (χ3n) is 3.33. The van der Waals surface area contributed by atoms with Crippen LogP contribution in [0.1, 0.15) is 24.4 Å². The second kappa shape index (κ2) is 5.92. The van der Waals surface area contributed by atoms with Gasteiger partial charge in [-0.1, -0.05) is 0 Å². The summed E-state index contributed by atoms with van der Waals surface area (Å²) in [6, 6.07) is 4.59. The Hall–Kier alpha value is -2.77. The van der Waals surface area contributed by atoms with Crippen LogP contribution in [0.5, 0.6) is 0 Å². The maximum absolute atomic E-state index is 12.8. The molecule has 1 aromatic heterocycles. The van der Waals surface area contributed by atoms with Crippen molar-refractivity contribution in [2.75, 3.05) is 5.32 Å². The molecule has 0 aliphatic rings. The summed E-state index contributed by atoms with van der Waals surface area (Å²) in [5.41, 5.74) is 0.906. The number of nitro groups is 1. The Morgan fingerprint density at radius 2 is 1.95 bits per heavy atom. The van der Waals surface area contributed by atoms with Crippen molar-refractivity contribution in [3.05, 3.63) is 51.6 Å². The van der Waals surface area contributed by atoms with Crippen molar-refractivity contribution < 1.29 is 14.1 Å². The number of halogens is 1. The molecule has 0 unspecified atom stereocenters. The summed E-state index contributed by atoms with van der Waals surface area (Å²) in [7, 11) is 0. The fraction of sp³-hybridized carbons (Fsp3) is 0.286. The van der Waals surface area contributed by atoms with Crippen LogP contribution in [-0.4, -0.2) is 20.6 Å². The predicted octanol–water partition coefficient (Wildman–Crippen LogP) is 2.75. The van der Waals surface area contributed by atoms with E-state index in [4.69, 9.17) is 0 Å². The van der Waals surface area contributed by atoms with Crippen molar-refractivity contribution in [3.63, 3.8) is 0 Å². The molecule has 1 aromatic carbocycles. The van der Waals surface area contributed by atoms with Gasteiger partial charge >= 0.3 is 5.69 Å². The summed E-state index contributed by atoms with van der Waals surface area (Å²) >= 11 is 0. The number of nitrogens with one attached hydrogen (secondary N) is 1. The van der Waals surface area contributed by atoms with E-state index in [0.717, 1.165) is 0 Å². The summed E-state index contributed by atoms with van der Waals surface area (Å²) < 4.78 is 14.1. The van der Waals surface area contributed by atoms with E-state index in [2.05, 4.69) is 10.4 Å². The second-order valence-corrected chi connectivity index (χ2v) is 4.89. The van der Waals surface area contributed by atoms with E-state index in [-0.39, 0.29) is 11.4 Å². The van der Waals surface area contributed by atoms with Crippen molar-refractivity contribution in [2.45, 2.75) is 26.8 Å². The van der Waals surface area contributed by atoms with Crippen molar-refractivity contribution in [1.29, 1.82) is 0 Å². The van der Waals surface area contributed by atoms with Gasteiger partial charge in [-0.25, -0.2) is 4.39 Å². The third kappa shape index (κ3) is 2.95. The first-order chi connectivity index (χ1) is 10.3. The molecule has 0 saturated carbocycles. The number of hydrogen-bond acceptors (Lipinski definition) is 4. The van der Waals surface area contributed by atoms with Gasteiger partial charge in [0.1, 0.15) is 23.2 Å². The minimum Gasteiger partial charge on any atom is -0.324 e. The first-order valence-electron chi connectivity index (χ1n) is 6.57. The number of aromatic nitrogens is 2. The minimum atomic E-state index is -0.738. The first kappa shape index (κ1) is 15.6. The Morgan fingerprint density at radius 3 is 2.45 bits per heavy atom. The Morgan fingerprint density at radius 1 is 1.36 bits per heavy atom. The highest BCUT2D eigenvalue weighted by Gasteiger charge is 2.27. The summed E-state index contributed by atoms with van der Waals surface area (Å²) in [5.74, 6) is -0.799. The van der Waals surface area contributed by atoms with Gasteiger partial charge in [-0.15, -0.1) is 0 Å².